The van der Waals surface area contributed by atoms with Crippen LogP contribution in [0.2, 0.25) is 0 Å². The summed E-state index contributed by atoms with van der Waals surface area (Å²) in [7, 11) is 1.37. The predicted molar refractivity (Wildman–Crippen MR) is 88.1 cm³/mol. The zero-order valence-electron chi connectivity index (χ0n) is 11.1. The van der Waals surface area contributed by atoms with Crippen LogP contribution >= 0.6 is 33.9 Å². The van der Waals surface area contributed by atoms with Crippen molar-refractivity contribution in [1.82, 2.24) is 10.5 Å². The highest BCUT2D eigenvalue weighted by Gasteiger charge is 2.12. The number of nitrogens with one attached hydrogen (secondary N) is 2. The van der Waals surface area contributed by atoms with Gasteiger partial charge in [0, 0.05) is 8.95 Å². The normalized spacial score (nSPS) is 10.2. The highest BCUT2D eigenvalue weighted by molar-refractivity contribution is 14.1. The van der Waals surface area contributed by atoms with E-state index >= 15 is 0 Å². The number of hydrogen-bond donors (Lipinski definition) is 2. The van der Waals surface area contributed by atoms with E-state index in [1.165, 1.54) is 18.4 Å². The van der Waals surface area contributed by atoms with Crippen LogP contribution in [0, 0.1) is 3.57 Å². The molecule has 0 unspecified atom stereocenters. The summed E-state index contributed by atoms with van der Waals surface area (Å²) in [6.07, 6.45) is 0.100. The van der Waals surface area contributed by atoms with Crippen molar-refractivity contribution in [2.75, 3.05) is 12.4 Å². The minimum Gasteiger partial charge on any atom is -0.298 e. The number of hydrogen-bond acceptors (Lipinski definition) is 5. The van der Waals surface area contributed by atoms with Crippen LogP contribution in [0.15, 0.2) is 29.6 Å². The molecule has 0 spiro atoms. The summed E-state index contributed by atoms with van der Waals surface area (Å²) in [4.78, 5) is 32.2. The second-order valence-corrected chi connectivity index (χ2v) is 6.00. The molecule has 1 heterocycles. The summed E-state index contributed by atoms with van der Waals surface area (Å²) in [5.41, 5.74) is 3.38. The summed E-state index contributed by atoms with van der Waals surface area (Å²) >= 11 is 3.38. The van der Waals surface area contributed by atoms with Gasteiger partial charge in [0.05, 0.1) is 24.8 Å². The molecule has 0 bridgehead atoms. The Bertz CT molecular complexity index is 660. The molecule has 1 aromatic carbocycles. The van der Waals surface area contributed by atoms with E-state index in [2.05, 4.69) is 43.2 Å². The molecule has 0 saturated heterocycles. The lowest BCUT2D eigenvalue weighted by molar-refractivity contribution is -0.130. The number of amides is 2. The molecule has 2 rings (SSSR count). The third-order valence-corrected chi connectivity index (χ3v) is 4.20. The van der Waals surface area contributed by atoms with Gasteiger partial charge in [-0.3, -0.25) is 19.7 Å². The van der Waals surface area contributed by atoms with Crippen LogP contribution in [0.25, 0.3) is 0 Å². The minimum absolute atomic E-state index is 0.100. The van der Waals surface area contributed by atoms with Crippen molar-refractivity contribution in [3.05, 3.63) is 44.5 Å². The number of rotatable bonds is 5. The SMILES string of the molecule is CONC(=O)Cc1csc(NC(=O)c2ccccc2I)n1. The molecular weight excluding hydrogens is 405 g/mol. The van der Waals surface area contributed by atoms with Crippen molar-refractivity contribution in [3.8, 4) is 0 Å². The first-order valence-electron chi connectivity index (χ1n) is 5.92. The molecule has 6 nitrogen and oxygen atoms in total. The number of anilines is 1. The van der Waals surface area contributed by atoms with Crippen LogP contribution < -0.4 is 10.8 Å². The Balaban J connectivity index is 2.01. The van der Waals surface area contributed by atoms with E-state index in [1.54, 1.807) is 17.5 Å². The van der Waals surface area contributed by atoms with E-state index in [0.29, 0.717) is 16.4 Å². The molecule has 8 heteroatoms. The fourth-order valence-electron chi connectivity index (χ4n) is 1.57. The van der Waals surface area contributed by atoms with Gasteiger partial charge in [-0.05, 0) is 34.7 Å². The van der Waals surface area contributed by atoms with Crippen LogP contribution in [0.3, 0.4) is 0 Å². The number of carbonyl (C=O) groups is 2. The van der Waals surface area contributed by atoms with Gasteiger partial charge in [0.2, 0.25) is 5.91 Å². The molecular formula is C13H12IN3O3S. The maximum atomic E-state index is 12.1. The summed E-state index contributed by atoms with van der Waals surface area (Å²) in [6.45, 7) is 0. The Morgan fingerprint density at radius 3 is 2.86 bits per heavy atom. The molecule has 0 aliphatic carbocycles. The first kappa shape index (κ1) is 15.9. The fourth-order valence-corrected chi connectivity index (χ4v) is 2.91. The van der Waals surface area contributed by atoms with E-state index < -0.39 is 0 Å². The number of thiazole rings is 1. The van der Waals surface area contributed by atoms with Gasteiger partial charge in [0.15, 0.2) is 5.13 Å². The third kappa shape index (κ3) is 4.48. The Kier molecular flexibility index (Phi) is 5.65. The van der Waals surface area contributed by atoms with Crippen LogP contribution in [0.5, 0.6) is 0 Å². The second-order valence-electron chi connectivity index (χ2n) is 3.98. The number of nitrogens with zero attached hydrogens (tertiary/aromatic N) is 1. The molecule has 0 aliphatic heterocycles. The van der Waals surface area contributed by atoms with Gasteiger partial charge in [0.1, 0.15) is 0 Å². The highest BCUT2D eigenvalue weighted by atomic mass is 127. The van der Waals surface area contributed by atoms with Gasteiger partial charge in [0.25, 0.3) is 5.91 Å². The highest BCUT2D eigenvalue weighted by Crippen LogP contribution is 2.18. The van der Waals surface area contributed by atoms with Gasteiger partial charge < -0.3 is 0 Å². The van der Waals surface area contributed by atoms with Crippen molar-refractivity contribution in [2.45, 2.75) is 6.42 Å². The van der Waals surface area contributed by atoms with Gasteiger partial charge in [-0.15, -0.1) is 11.3 Å². The van der Waals surface area contributed by atoms with E-state index in [0.717, 1.165) is 3.57 Å². The molecule has 0 fully saturated rings. The van der Waals surface area contributed by atoms with Crippen LogP contribution in [-0.4, -0.2) is 23.9 Å². The number of carbonyl (C=O) groups excluding carboxylic acids is 2. The van der Waals surface area contributed by atoms with Gasteiger partial charge >= 0.3 is 0 Å². The standard InChI is InChI=1S/C13H12IN3O3S/c1-20-17-11(18)6-8-7-21-13(15-8)16-12(19)9-4-2-3-5-10(9)14/h2-5,7H,6H2,1H3,(H,17,18)(H,15,16,19). The zero-order valence-corrected chi connectivity index (χ0v) is 14.0. The smallest absolute Gasteiger partial charge is 0.258 e. The number of hydroxylamine groups is 1. The average molecular weight is 417 g/mol. The predicted octanol–water partition coefficient (Wildman–Crippen LogP) is 2.22. The first-order valence-corrected chi connectivity index (χ1v) is 7.88. The van der Waals surface area contributed by atoms with Crippen molar-refractivity contribution < 1.29 is 14.4 Å². The molecule has 21 heavy (non-hydrogen) atoms. The zero-order chi connectivity index (χ0) is 15.2. The van der Waals surface area contributed by atoms with Crippen molar-refractivity contribution in [2.24, 2.45) is 0 Å². The molecule has 0 aliphatic rings. The Labute approximate surface area is 139 Å². The summed E-state index contributed by atoms with van der Waals surface area (Å²) in [6, 6.07) is 7.28. The molecule has 1 aromatic heterocycles. The molecule has 2 aromatic rings. The minimum atomic E-state index is -0.293. The summed E-state index contributed by atoms with van der Waals surface area (Å²) in [5.74, 6) is -0.513. The molecule has 0 radical (unpaired) electrons. The fraction of sp³-hybridized carbons (Fsp3) is 0.154. The Morgan fingerprint density at radius 2 is 2.14 bits per heavy atom. The van der Waals surface area contributed by atoms with E-state index in [9.17, 15) is 9.59 Å². The largest absolute Gasteiger partial charge is 0.298 e. The van der Waals surface area contributed by atoms with E-state index in [4.69, 9.17) is 0 Å². The van der Waals surface area contributed by atoms with Crippen LogP contribution in [-0.2, 0) is 16.1 Å². The maximum absolute atomic E-state index is 12.1. The topological polar surface area (TPSA) is 80.3 Å². The molecule has 2 amide bonds. The molecule has 110 valence electrons. The van der Waals surface area contributed by atoms with Crippen molar-refractivity contribution >= 4 is 50.9 Å². The third-order valence-electron chi connectivity index (χ3n) is 2.45. The molecule has 0 saturated carbocycles. The lowest BCUT2D eigenvalue weighted by atomic mass is 10.2. The number of halogens is 1. The van der Waals surface area contributed by atoms with Gasteiger partial charge in [-0.2, -0.15) is 0 Å². The van der Waals surface area contributed by atoms with Crippen molar-refractivity contribution in [3.63, 3.8) is 0 Å². The monoisotopic (exact) mass is 417 g/mol. The van der Waals surface area contributed by atoms with Gasteiger partial charge in [-0.1, -0.05) is 12.1 Å². The quantitative estimate of drug-likeness (QED) is 0.578. The second kappa shape index (κ2) is 7.48. The average Bonchev–Trinajstić information content (AvgIpc) is 2.86. The van der Waals surface area contributed by atoms with Crippen molar-refractivity contribution in [1.29, 1.82) is 0 Å². The first-order chi connectivity index (χ1) is 10.1. The van der Waals surface area contributed by atoms with Gasteiger partial charge in [-0.25, -0.2) is 10.5 Å². The molecule has 0 atom stereocenters. The number of benzene rings is 1. The Hall–Kier alpha value is -1.52. The lowest BCUT2D eigenvalue weighted by Gasteiger charge is -2.03. The number of aromatic nitrogens is 1. The van der Waals surface area contributed by atoms with E-state index in [-0.39, 0.29) is 18.2 Å². The summed E-state index contributed by atoms with van der Waals surface area (Å²) < 4.78 is 0.865. The lowest BCUT2D eigenvalue weighted by Crippen LogP contribution is -2.23. The maximum Gasteiger partial charge on any atom is 0.258 e. The van der Waals surface area contributed by atoms with Crippen LogP contribution in [0.1, 0.15) is 16.1 Å². The van der Waals surface area contributed by atoms with E-state index in [1.807, 2.05) is 12.1 Å². The Morgan fingerprint density at radius 1 is 1.38 bits per heavy atom. The molecule has 2 N–H and O–H groups in total. The van der Waals surface area contributed by atoms with Crippen LogP contribution in [0.4, 0.5) is 5.13 Å². The summed E-state index contributed by atoms with van der Waals surface area (Å²) in [5, 5.41) is 4.91.